The monoisotopic (exact) mass is 452 g/mol. The van der Waals surface area contributed by atoms with E-state index >= 15 is 0 Å². The minimum Gasteiger partial charge on any atom is -0.454 e. The summed E-state index contributed by atoms with van der Waals surface area (Å²) in [6.45, 7) is 3.98. The highest BCUT2D eigenvalue weighted by Gasteiger charge is 2.11. The van der Waals surface area contributed by atoms with E-state index in [2.05, 4.69) is 72.8 Å². The van der Waals surface area contributed by atoms with Gasteiger partial charge >= 0.3 is 0 Å². The van der Waals surface area contributed by atoms with Gasteiger partial charge in [0.15, 0.2) is 0 Å². The standard InChI is InChI=1S/C32H24N2O/c1-21(33-29-17-9-13-23-10-3-6-14-26(23)29)30-18-19-31(35-30)22(2)34-32-27-15-7-4-11-24(27)20-25-12-5-8-16-28(25)32/h3-20H,1-2H3. The molecule has 0 bridgehead atoms. The van der Waals surface area contributed by atoms with Crippen LogP contribution in [0.15, 0.2) is 124 Å². The molecule has 0 unspecified atom stereocenters. The SMILES string of the molecule is CC(=Nc1cccc2ccccc12)c1ccc(C(C)=Nc2c3ccccc3cc3ccccc23)o1. The molecule has 0 N–H and O–H groups in total. The Bertz CT molecular complexity index is 1710. The van der Waals surface area contributed by atoms with Crippen molar-refractivity contribution in [2.45, 2.75) is 13.8 Å². The molecule has 0 amide bonds. The van der Waals surface area contributed by atoms with Crippen LogP contribution in [0.4, 0.5) is 11.4 Å². The van der Waals surface area contributed by atoms with Gasteiger partial charge in [-0.1, -0.05) is 84.9 Å². The molecule has 1 aromatic heterocycles. The summed E-state index contributed by atoms with van der Waals surface area (Å²) in [5.74, 6) is 1.48. The average molecular weight is 453 g/mol. The smallest absolute Gasteiger partial charge is 0.148 e. The van der Waals surface area contributed by atoms with Crippen molar-refractivity contribution in [3.8, 4) is 0 Å². The normalized spacial score (nSPS) is 12.6. The number of furan rings is 1. The third-order valence-corrected chi connectivity index (χ3v) is 6.40. The molecule has 3 heteroatoms. The Morgan fingerprint density at radius 1 is 0.514 bits per heavy atom. The second-order valence-corrected chi connectivity index (χ2v) is 8.72. The lowest BCUT2D eigenvalue weighted by Gasteiger charge is -2.08. The second-order valence-electron chi connectivity index (χ2n) is 8.72. The predicted molar refractivity (Wildman–Crippen MR) is 148 cm³/mol. The van der Waals surface area contributed by atoms with Crippen molar-refractivity contribution in [1.29, 1.82) is 0 Å². The minimum atomic E-state index is 0.740. The largest absolute Gasteiger partial charge is 0.454 e. The van der Waals surface area contributed by atoms with Gasteiger partial charge in [0.2, 0.25) is 0 Å². The first-order valence-corrected chi connectivity index (χ1v) is 11.8. The Hall–Kier alpha value is -4.50. The van der Waals surface area contributed by atoms with Crippen LogP contribution in [-0.2, 0) is 0 Å². The zero-order valence-electron chi connectivity index (χ0n) is 19.7. The van der Waals surface area contributed by atoms with Crippen molar-refractivity contribution in [2.75, 3.05) is 0 Å². The first-order valence-electron chi connectivity index (χ1n) is 11.8. The summed E-state index contributed by atoms with van der Waals surface area (Å²) in [5.41, 5.74) is 3.56. The summed E-state index contributed by atoms with van der Waals surface area (Å²) in [7, 11) is 0. The van der Waals surface area contributed by atoms with Gasteiger partial charge in [0, 0.05) is 16.2 Å². The van der Waals surface area contributed by atoms with Gasteiger partial charge in [-0.3, -0.25) is 0 Å². The van der Waals surface area contributed by atoms with Crippen molar-refractivity contribution in [2.24, 2.45) is 9.98 Å². The van der Waals surface area contributed by atoms with Gasteiger partial charge in [-0.2, -0.15) is 0 Å². The molecule has 0 fully saturated rings. The van der Waals surface area contributed by atoms with Crippen molar-refractivity contribution in [3.63, 3.8) is 0 Å². The Kier molecular flexibility index (Phi) is 5.23. The fraction of sp³-hybridized carbons (Fsp3) is 0.0625. The van der Waals surface area contributed by atoms with Crippen molar-refractivity contribution >= 4 is 55.1 Å². The van der Waals surface area contributed by atoms with Crippen LogP contribution in [0.5, 0.6) is 0 Å². The van der Waals surface area contributed by atoms with Crippen LogP contribution >= 0.6 is 0 Å². The van der Waals surface area contributed by atoms with Crippen LogP contribution in [-0.4, -0.2) is 11.4 Å². The molecule has 0 aliphatic heterocycles. The number of benzene rings is 5. The number of rotatable bonds is 4. The Balaban J connectivity index is 1.40. The van der Waals surface area contributed by atoms with E-state index in [0.29, 0.717) is 0 Å². The first-order chi connectivity index (χ1) is 17.2. The molecule has 6 aromatic rings. The molecule has 3 nitrogen and oxygen atoms in total. The average Bonchev–Trinajstić information content (AvgIpc) is 3.40. The van der Waals surface area contributed by atoms with Gasteiger partial charge in [-0.15, -0.1) is 0 Å². The van der Waals surface area contributed by atoms with E-state index in [1.807, 2.05) is 50.2 Å². The van der Waals surface area contributed by atoms with Crippen LogP contribution in [0, 0.1) is 0 Å². The van der Waals surface area contributed by atoms with Crippen molar-refractivity contribution in [1.82, 2.24) is 0 Å². The van der Waals surface area contributed by atoms with E-state index < -0.39 is 0 Å². The molecule has 6 rings (SSSR count). The van der Waals surface area contributed by atoms with Crippen LogP contribution < -0.4 is 0 Å². The maximum atomic E-state index is 6.23. The van der Waals surface area contributed by atoms with Crippen LogP contribution in [0.3, 0.4) is 0 Å². The van der Waals surface area contributed by atoms with Crippen molar-refractivity contribution in [3.05, 3.63) is 121 Å². The molecule has 0 aliphatic carbocycles. The van der Waals surface area contributed by atoms with Crippen LogP contribution in [0.25, 0.3) is 32.3 Å². The lowest BCUT2D eigenvalue weighted by atomic mass is 10.0. The Morgan fingerprint density at radius 2 is 1.03 bits per heavy atom. The van der Waals surface area contributed by atoms with Gasteiger partial charge in [-0.05, 0) is 54.3 Å². The highest BCUT2D eigenvalue weighted by Crippen LogP contribution is 2.35. The summed E-state index contributed by atoms with van der Waals surface area (Å²) in [5, 5.41) is 6.91. The molecular formula is C32H24N2O. The van der Waals surface area contributed by atoms with E-state index in [1.54, 1.807) is 0 Å². The summed E-state index contributed by atoms with van der Waals surface area (Å²) >= 11 is 0. The van der Waals surface area contributed by atoms with E-state index in [-0.39, 0.29) is 0 Å². The molecule has 0 radical (unpaired) electrons. The predicted octanol–water partition coefficient (Wildman–Crippen LogP) is 9.02. The summed E-state index contributed by atoms with van der Waals surface area (Å²) < 4.78 is 6.23. The number of fused-ring (bicyclic) bond motifs is 3. The maximum absolute atomic E-state index is 6.23. The second kappa shape index (κ2) is 8.69. The van der Waals surface area contributed by atoms with E-state index in [4.69, 9.17) is 14.4 Å². The lowest BCUT2D eigenvalue weighted by Crippen LogP contribution is -1.94. The van der Waals surface area contributed by atoms with E-state index in [0.717, 1.165) is 50.5 Å². The van der Waals surface area contributed by atoms with E-state index in [9.17, 15) is 0 Å². The van der Waals surface area contributed by atoms with Gasteiger partial charge in [0.1, 0.15) is 11.5 Å². The molecule has 1 heterocycles. The van der Waals surface area contributed by atoms with Crippen LogP contribution in [0.1, 0.15) is 25.4 Å². The highest BCUT2D eigenvalue weighted by molar-refractivity contribution is 6.12. The van der Waals surface area contributed by atoms with Gasteiger partial charge < -0.3 is 4.42 Å². The molecule has 168 valence electrons. The molecule has 35 heavy (non-hydrogen) atoms. The number of hydrogen-bond acceptors (Lipinski definition) is 3. The Morgan fingerprint density at radius 3 is 1.69 bits per heavy atom. The molecule has 0 atom stereocenters. The maximum Gasteiger partial charge on any atom is 0.148 e. The Labute approximate surface area is 204 Å². The molecule has 5 aromatic carbocycles. The fourth-order valence-electron chi connectivity index (χ4n) is 4.60. The zero-order valence-corrected chi connectivity index (χ0v) is 19.7. The number of hydrogen-bond donors (Lipinski definition) is 0. The van der Waals surface area contributed by atoms with Gasteiger partial charge in [0.25, 0.3) is 0 Å². The fourth-order valence-corrected chi connectivity index (χ4v) is 4.60. The molecule has 0 saturated heterocycles. The summed E-state index contributed by atoms with van der Waals surface area (Å²) in [6, 6.07) is 37.4. The first kappa shape index (κ1) is 21.1. The zero-order chi connectivity index (χ0) is 23.8. The number of aliphatic imine (C=N–C) groups is 2. The topological polar surface area (TPSA) is 37.9 Å². The molecule has 0 saturated carbocycles. The van der Waals surface area contributed by atoms with Crippen molar-refractivity contribution < 1.29 is 4.42 Å². The third-order valence-electron chi connectivity index (χ3n) is 6.40. The molecule has 0 aliphatic rings. The quantitative estimate of drug-likeness (QED) is 0.194. The lowest BCUT2D eigenvalue weighted by molar-refractivity contribution is 0.548. The number of nitrogens with zero attached hydrogens (tertiary/aromatic N) is 2. The summed E-state index contributed by atoms with van der Waals surface area (Å²) in [6.07, 6.45) is 0. The van der Waals surface area contributed by atoms with Crippen LogP contribution in [0.2, 0.25) is 0 Å². The van der Waals surface area contributed by atoms with Gasteiger partial charge in [0.05, 0.1) is 22.8 Å². The molecular weight excluding hydrogens is 428 g/mol. The van der Waals surface area contributed by atoms with E-state index in [1.165, 1.54) is 16.2 Å². The molecule has 0 spiro atoms. The highest BCUT2D eigenvalue weighted by atomic mass is 16.3. The minimum absolute atomic E-state index is 0.740. The third kappa shape index (κ3) is 3.91. The van der Waals surface area contributed by atoms with Gasteiger partial charge in [-0.25, -0.2) is 9.98 Å². The summed E-state index contributed by atoms with van der Waals surface area (Å²) in [4.78, 5) is 9.95.